The van der Waals surface area contributed by atoms with E-state index >= 15 is 0 Å². The minimum Gasteiger partial charge on any atom is -0.351 e. The molecular weight excluding hydrogens is 256 g/mol. The van der Waals surface area contributed by atoms with Crippen LogP contribution in [-0.2, 0) is 12.8 Å². The van der Waals surface area contributed by atoms with Gasteiger partial charge in [0, 0.05) is 11.4 Å². The Bertz CT molecular complexity index is 389. The van der Waals surface area contributed by atoms with Gasteiger partial charge < -0.3 is 11.1 Å². The molecule has 0 atom stereocenters. The van der Waals surface area contributed by atoms with Crippen LogP contribution < -0.4 is 11.1 Å². The molecule has 0 bridgehead atoms. The number of carbonyl (C=O) groups excluding carboxylic acids is 1. The van der Waals surface area contributed by atoms with Gasteiger partial charge >= 0.3 is 0 Å². The fourth-order valence-electron chi connectivity index (χ4n) is 2.51. The van der Waals surface area contributed by atoms with E-state index in [1.807, 2.05) is 0 Å². The van der Waals surface area contributed by atoms with Gasteiger partial charge in [-0.15, -0.1) is 11.3 Å². The first kappa shape index (κ1) is 14.5. The largest absolute Gasteiger partial charge is 0.351 e. The standard InChI is InChI=1S/C15H24N2OS/c16-9-5-6-10-17-15(18)14-11-12-7-3-1-2-4-8-13(12)19-14/h11H,1-10,16H2,(H,17,18). The van der Waals surface area contributed by atoms with E-state index in [1.54, 1.807) is 11.3 Å². The van der Waals surface area contributed by atoms with Gasteiger partial charge in [0.15, 0.2) is 0 Å². The fraction of sp³-hybridized carbons (Fsp3) is 0.667. The van der Waals surface area contributed by atoms with Crippen molar-refractivity contribution in [3.05, 3.63) is 21.4 Å². The Kier molecular flexibility index (Phi) is 5.86. The van der Waals surface area contributed by atoms with Gasteiger partial charge in [-0.2, -0.15) is 0 Å². The van der Waals surface area contributed by atoms with Crippen LogP contribution in [0.3, 0.4) is 0 Å². The number of rotatable bonds is 5. The SMILES string of the molecule is NCCCCNC(=O)c1cc2c(s1)CCCCCC2. The Balaban J connectivity index is 1.92. The Morgan fingerprint density at radius 3 is 2.79 bits per heavy atom. The van der Waals surface area contributed by atoms with Crippen molar-refractivity contribution >= 4 is 17.2 Å². The highest BCUT2D eigenvalue weighted by Gasteiger charge is 2.15. The maximum Gasteiger partial charge on any atom is 0.261 e. The summed E-state index contributed by atoms with van der Waals surface area (Å²) in [6.45, 7) is 1.43. The zero-order valence-electron chi connectivity index (χ0n) is 11.5. The predicted octanol–water partition coefficient (Wildman–Crippen LogP) is 2.88. The minimum absolute atomic E-state index is 0.0915. The van der Waals surface area contributed by atoms with Crippen LogP contribution in [-0.4, -0.2) is 19.0 Å². The molecule has 19 heavy (non-hydrogen) atoms. The predicted molar refractivity (Wildman–Crippen MR) is 80.8 cm³/mol. The Labute approximate surface area is 119 Å². The quantitative estimate of drug-likeness (QED) is 0.815. The van der Waals surface area contributed by atoms with Gasteiger partial charge in [0.05, 0.1) is 4.88 Å². The molecule has 106 valence electrons. The minimum atomic E-state index is 0.0915. The fourth-order valence-corrected chi connectivity index (χ4v) is 3.68. The molecule has 3 N–H and O–H groups in total. The first-order valence-corrected chi connectivity index (χ1v) is 8.23. The summed E-state index contributed by atoms with van der Waals surface area (Å²) in [6.07, 6.45) is 9.43. The molecule has 3 nitrogen and oxygen atoms in total. The molecule has 0 spiro atoms. The number of aryl methyl sites for hydroxylation is 2. The number of nitrogens with two attached hydrogens (primary N) is 1. The molecule has 0 unspecified atom stereocenters. The third-order valence-corrected chi connectivity index (χ3v) is 4.87. The van der Waals surface area contributed by atoms with Gasteiger partial charge in [-0.3, -0.25) is 4.79 Å². The van der Waals surface area contributed by atoms with E-state index < -0.39 is 0 Å². The number of amides is 1. The molecule has 0 saturated carbocycles. The van der Waals surface area contributed by atoms with Crippen LogP contribution in [0.5, 0.6) is 0 Å². The van der Waals surface area contributed by atoms with Gasteiger partial charge in [0.2, 0.25) is 0 Å². The summed E-state index contributed by atoms with van der Waals surface area (Å²) in [7, 11) is 0. The van der Waals surface area contributed by atoms with E-state index in [1.165, 1.54) is 36.1 Å². The van der Waals surface area contributed by atoms with E-state index in [9.17, 15) is 4.79 Å². The summed E-state index contributed by atoms with van der Waals surface area (Å²) < 4.78 is 0. The molecule has 1 heterocycles. The van der Waals surface area contributed by atoms with E-state index in [-0.39, 0.29) is 5.91 Å². The number of unbranched alkanes of at least 4 members (excludes halogenated alkanes) is 1. The van der Waals surface area contributed by atoms with Crippen LogP contribution in [0.15, 0.2) is 6.07 Å². The molecule has 1 aliphatic carbocycles. The molecule has 0 aliphatic heterocycles. The summed E-state index contributed by atoms with van der Waals surface area (Å²) in [4.78, 5) is 14.4. The lowest BCUT2D eigenvalue weighted by Crippen LogP contribution is -2.24. The van der Waals surface area contributed by atoms with Crippen molar-refractivity contribution in [2.24, 2.45) is 5.73 Å². The van der Waals surface area contributed by atoms with Gasteiger partial charge in [-0.05, 0) is 56.7 Å². The number of hydrogen-bond donors (Lipinski definition) is 2. The van der Waals surface area contributed by atoms with Crippen LogP contribution in [0.1, 0.15) is 58.6 Å². The maximum atomic E-state index is 12.1. The van der Waals surface area contributed by atoms with Crippen LogP contribution in [0.4, 0.5) is 0 Å². The van der Waals surface area contributed by atoms with Crippen LogP contribution in [0.25, 0.3) is 0 Å². The first-order valence-electron chi connectivity index (χ1n) is 7.41. The smallest absolute Gasteiger partial charge is 0.261 e. The summed E-state index contributed by atoms with van der Waals surface area (Å²) in [6, 6.07) is 2.11. The van der Waals surface area contributed by atoms with Crippen LogP contribution >= 0.6 is 11.3 Å². The van der Waals surface area contributed by atoms with E-state index in [0.717, 1.165) is 37.1 Å². The lowest BCUT2D eigenvalue weighted by atomic mass is 10.00. The number of thiophene rings is 1. The summed E-state index contributed by atoms with van der Waals surface area (Å²) in [5, 5.41) is 2.99. The molecule has 4 heteroatoms. The topological polar surface area (TPSA) is 55.1 Å². The molecule has 0 radical (unpaired) electrons. The van der Waals surface area contributed by atoms with Crippen molar-refractivity contribution < 1.29 is 4.79 Å². The summed E-state index contributed by atoms with van der Waals surface area (Å²) in [5.74, 6) is 0.0915. The highest BCUT2D eigenvalue weighted by atomic mass is 32.1. The van der Waals surface area contributed by atoms with Gasteiger partial charge in [0.1, 0.15) is 0 Å². The molecule has 0 fully saturated rings. The molecule has 2 rings (SSSR count). The van der Waals surface area contributed by atoms with Crippen molar-refractivity contribution in [1.82, 2.24) is 5.32 Å². The van der Waals surface area contributed by atoms with Crippen LogP contribution in [0, 0.1) is 0 Å². The Morgan fingerprint density at radius 1 is 1.21 bits per heavy atom. The molecular formula is C15H24N2OS. The molecule has 1 amide bonds. The van der Waals surface area contributed by atoms with Crippen molar-refractivity contribution in [1.29, 1.82) is 0 Å². The average molecular weight is 280 g/mol. The third kappa shape index (κ3) is 4.32. The number of hydrogen-bond acceptors (Lipinski definition) is 3. The number of carbonyl (C=O) groups is 1. The van der Waals surface area contributed by atoms with Gasteiger partial charge in [-0.25, -0.2) is 0 Å². The van der Waals surface area contributed by atoms with Crippen LogP contribution in [0.2, 0.25) is 0 Å². The molecule has 0 aromatic carbocycles. The second kappa shape index (κ2) is 7.65. The second-order valence-corrected chi connectivity index (χ2v) is 6.36. The number of fused-ring (bicyclic) bond motifs is 1. The zero-order valence-corrected chi connectivity index (χ0v) is 12.4. The van der Waals surface area contributed by atoms with E-state index in [4.69, 9.17) is 5.73 Å². The van der Waals surface area contributed by atoms with Gasteiger partial charge in [-0.1, -0.05) is 12.8 Å². The monoisotopic (exact) mass is 280 g/mol. The van der Waals surface area contributed by atoms with Crippen molar-refractivity contribution in [3.8, 4) is 0 Å². The average Bonchev–Trinajstić information content (AvgIpc) is 2.77. The second-order valence-electron chi connectivity index (χ2n) is 5.22. The lowest BCUT2D eigenvalue weighted by Gasteiger charge is -2.07. The van der Waals surface area contributed by atoms with Crippen molar-refractivity contribution in [2.45, 2.75) is 51.4 Å². The van der Waals surface area contributed by atoms with E-state index in [0.29, 0.717) is 6.54 Å². The summed E-state index contributed by atoms with van der Waals surface area (Å²) in [5.41, 5.74) is 6.86. The highest BCUT2D eigenvalue weighted by molar-refractivity contribution is 7.14. The van der Waals surface area contributed by atoms with Crippen molar-refractivity contribution in [2.75, 3.05) is 13.1 Å². The molecule has 0 saturated heterocycles. The highest BCUT2D eigenvalue weighted by Crippen LogP contribution is 2.28. The Morgan fingerprint density at radius 2 is 2.00 bits per heavy atom. The van der Waals surface area contributed by atoms with Gasteiger partial charge in [0.25, 0.3) is 5.91 Å². The number of nitrogens with one attached hydrogen (secondary N) is 1. The molecule has 1 aromatic heterocycles. The summed E-state index contributed by atoms with van der Waals surface area (Å²) >= 11 is 1.69. The maximum absolute atomic E-state index is 12.1. The third-order valence-electron chi connectivity index (χ3n) is 3.64. The molecule has 1 aliphatic rings. The Hall–Kier alpha value is -0.870. The van der Waals surface area contributed by atoms with E-state index in [2.05, 4.69) is 11.4 Å². The molecule has 1 aromatic rings. The first-order chi connectivity index (χ1) is 9.31. The zero-order chi connectivity index (χ0) is 13.5. The van der Waals surface area contributed by atoms with Crippen molar-refractivity contribution in [3.63, 3.8) is 0 Å². The lowest BCUT2D eigenvalue weighted by molar-refractivity contribution is 0.0957. The normalized spacial score (nSPS) is 15.4.